The zero-order valence-electron chi connectivity index (χ0n) is 15.5. The molecular weight excluding hydrogens is 356 g/mol. The molecule has 0 radical (unpaired) electrons. The Bertz CT molecular complexity index is 875. The van der Waals surface area contributed by atoms with E-state index in [1.807, 2.05) is 59.6 Å². The summed E-state index contributed by atoms with van der Waals surface area (Å²) in [6, 6.07) is 15.5. The highest BCUT2D eigenvalue weighted by molar-refractivity contribution is 5.77. The van der Waals surface area contributed by atoms with E-state index in [9.17, 15) is 4.79 Å². The lowest BCUT2D eigenvalue weighted by Gasteiger charge is -2.35. The molecule has 1 aliphatic rings. The average molecular weight is 378 g/mol. The summed E-state index contributed by atoms with van der Waals surface area (Å²) in [7, 11) is 0. The number of ether oxygens (including phenoxy) is 1. The molecule has 2 aromatic heterocycles. The maximum atomic E-state index is 12.4. The second-order valence-corrected chi connectivity index (χ2v) is 6.55. The van der Waals surface area contributed by atoms with Crippen LogP contribution in [0.2, 0.25) is 0 Å². The molecular formula is C20H22N6O2. The molecule has 3 heterocycles. The van der Waals surface area contributed by atoms with Gasteiger partial charge in [0.2, 0.25) is 5.91 Å². The van der Waals surface area contributed by atoms with Crippen LogP contribution in [0.5, 0.6) is 0 Å². The van der Waals surface area contributed by atoms with Crippen molar-refractivity contribution in [2.24, 2.45) is 0 Å². The molecule has 8 heteroatoms. The van der Waals surface area contributed by atoms with E-state index in [2.05, 4.69) is 20.2 Å². The van der Waals surface area contributed by atoms with Crippen LogP contribution in [-0.2, 0) is 16.1 Å². The first kappa shape index (κ1) is 18.1. The molecule has 0 aliphatic carbocycles. The number of carbonyl (C=O) groups is 1. The molecule has 0 N–H and O–H groups in total. The number of anilines is 1. The number of hydrogen-bond acceptors (Lipinski definition) is 6. The minimum absolute atomic E-state index is 0.0238. The molecule has 0 atom stereocenters. The molecule has 1 aromatic carbocycles. The minimum Gasteiger partial charge on any atom is -0.367 e. The van der Waals surface area contributed by atoms with Gasteiger partial charge < -0.3 is 14.5 Å². The second kappa shape index (κ2) is 8.62. The number of nitrogens with zero attached hydrogens (tertiary/aromatic N) is 6. The molecule has 8 nitrogen and oxygen atoms in total. The number of piperazine rings is 1. The predicted octanol–water partition coefficient (Wildman–Crippen LogP) is 1.53. The Balaban J connectivity index is 1.24. The highest BCUT2D eigenvalue weighted by Crippen LogP contribution is 2.14. The molecule has 144 valence electrons. The van der Waals surface area contributed by atoms with E-state index < -0.39 is 0 Å². The second-order valence-electron chi connectivity index (χ2n) is 6.55. The number of aromatic nitrogens is 4. The summed E-state index contributed by atoms with van der Waals surface area (Å²) in [4.78, 5) is 16.3. The van der Waals surface area contributed by atoms with Gasteiger partial charge >= 0.3 is 0 Å². The van der Waals surface area contributed by atoms with Gasteiger partial charge in [0.25, 0.3) is 0 Å². The largest absolute Gasteiger partial charge is 0.367 e. The van der Waals surface area contributed by atoms with Crippen molar-refractivity contribution in [2.75, 3.05) is 37.7 Å². The van der Waals surface area contributed by atoms with Crippen LogP contribution < -0.4 is 4.90 Å². The van der Waals surface area contributed by atoms with Gasteiger partial charge in [-0.3, -0.25) is 4.79 Å². The summed E-state index contributed by atoms with van der Waals surface area (Å²) in [5, 5.41) is 12.7. The van der Waals surface area contributed by atoms with Gasteiger partial charge in [-0.15, -0.1) is 10.2 Å². The Kier molecular flexibility index (Phi) is 5.58. The Morgan fingerprint density at radius 2 is 1.68 bits per heavy atom. The van der Waals surface area contributed by atoms with Gasteiger partial charge in [-0.25, -0.2) is 4.68 Å². The van der Waals surface area contributed by atoms with Crippen LogP contribution in [0, 0.1) is 0 Å². The third-order valence-corrected chi connectivity index (χ3v) is 4.67. The molecule has 1 saturated heterocycles. The molecule has 1 amide bonds. The third kappa shape index (κ3) is 4.34. The minimum atomic E-state index is 0.0238. The zero-order chi connectivity index (χ0) is 19.2. The van der Waals surface area contributed by atoms with Crippen molar-refractivity contribution in [1.82, 2.24) is 24.9 Å². The van der Waals surface area contributed by atoms with Crippen molar-refractivity contribution in [3.8, 4) is 5.82 Å². The zero-order valence-corrected chi connectivity index (χ0v) is 15.5. The predicted molar refractivity (Wildman–Crippen MR) is 104 cm³/mol. The normalized spacial score (nSPS) is 14.3. The van der Waals surface area contributed by atoms with Crippen molar-refractivity contribution in [1.29, 1.82) is 0 Å². The van der Waals surface area contributed by atoms with Crippen LogP contribution in [0.4, 0.5) is 5.82 Å². The molecule has 0 unspecified atom stereocenters. The quantitative estimate of drug-likeness (QED) is 0.647. The Labute approximate surface area is 163 Å². The van der Waals surface area contributed by atoms with Crippen LogP contribution in [-0.4, -0.2) is 63.6 Å². The first-order valence-corrected chi connectivity index (χ1v) is 9.28. The van der Waals surface area contributed by atoms with Crippen LogP contribution in [0.1, 0.15) is 5.56 Å². The van der Waals surface area contributed by atoms with E-state index in [0.29, 0.717) is 25.5 Å². The Morgan fingerprint density at radius 3 is 2.36 bits per heavy atom. The van der Waals surface area contributed by atoms with E-state index >= 15 is 0 Å². The number of carbonyl (C=O) groups excluding carboxylic acids is 1. The fraction of sp³-hybridized carbons (Fsp3) is 0.300. The Hall–Kier alpha value is -3.26. The lowest BCUT2D eigenvalue weighted by Crippen LogP contribution is -2.50. The lowest BCUT2D eigenvalue weighted by molar-refractivity contribution is -0.136. The van der Waals surface area contributed by atoms with Crippen molar-refractivity contribution >= 4 is 11.7 Å². The lowest BCUT2D eigenvalue weighted by atomic mass is 10.2. The monoisotopic (exact) mass is 378 g/mol. The van der Waals surface area contributed by atoms with Gasteiger partial charge in [0.1, 0.15) is 6.61 Å². The van der Waals surface area contributed by atoms with Crippen LogP contribution in [0.15, 0.2) is 60.9 Å². The fourth-order valence-electron chi connectivity index (χ4n) is 3.12. The summed E-state index contributed by atoms with van der Waals surface area (Å²) in [5.41, 5.74) is 1.07. The Morgan fingerprint density at radius 1 is 0.929 bits per heavy atom. The summed E-state index contributed by atoms with van der Waals surface area (Å²) in [5.74, 6) is 1.51. The maximum absolute atomic E-state index is 12.4. The van der Waals surface area contributed by atoms with Crippen molar-refractivity contribution < 1.29 is 9.53 Å². The van der Waals surface area contributed by atoms with Crippen molar-refractivity contribution in [3.05, 3.63) is 66.5 Å². The van der Waals surface area contributed by atoms with Gasteiger partial charge in [-0.2, -0.15) is 5.10 Å². The number of hydrogen-bond donors (Lipinski definition) is 0. The van der Waals surface area contributed by atoms with Crippen molar-refractivity contribution in [2.45, 2.75) is 6.61 Å². The van der Waals surface area contributed by atoms with E-state index in [-0.39, 0.29) is 12.5 Å². The smallest absolute Gasteiger partial charge is 0.248 e. The number of amides is 1. The highest BCUT2D eigenvalue weighted by atomic mass is 16.5. The fourth-order valence-corrected chi connectivity index (χ4v) is 3.12. The molecule has 0 saturated carbocycles. The van der Waals surface area contributed by atoms with Crippen LogP contribution in [0.25, 0.3) is 5.82 Å². The number of rotatable bonds is 6. The molecule has 28 heavy (non-hydrogen) atoms. The highest BCUT2D eigenvalue weighted by Gasteiger charge is 2.22. The molecule has 0 spiro atoms. The first-order chi connectivity index (χ1) is 13.8. The topological polar surface area (TPSA) is 76.4 Å². The first-order valence-electron chi connectivity index (χ1n) is 9.28. The van der Waals surface area contributed by atoms with Gasteiger partial charge in [0.05, 0.1) is 6.61 Å². The molecule has 4 rings (SSSR count). The molecule has 3 aromatic rings. The van der Waals surface area contributed by atoms with E-state index in [1.54, 1.807) is 10.9 Å². The third-order valence-electron chi connectivity index (χ3n) is 4.67. The summed E-state index contributed by atoms with van der Waals surface area (Å²) >= 11 is 0. The van der Waals surface area contributed by atoms with E-state index in [1.165, 1.54) is 0 Å². The van der Waals surface area contributed by atoms with Crippen molar-refractivity contribution in [3.63, 3.8) is 0 Å². The number of benzene rings is 1. The van der Waals surface area contributed by atoms with Gasteiger partial charge in [0, 0.05) is 38.6 Å². The molecule has 0 bridgehead atoms. The maximum Gasteiger partial charge on any atom is 0.248 e. The summed E-state index contributed by atoms with van der Waals surface area (Å²) < 4.78 is 7.23. The van der Waals surface area contributed by atoms with Gasteiger partial charge in [-0.05, 0) is 23.8 Å². The van der Waals surface area contributed by atoms with E-state index in [4.69, 9.17) is 4.74 Å². The van der Waals surface area contributed by atoms with Gasteiger partial charge in [-0.1, -0.05) is 30.3 Å². The van der Waals surface area contributed by atoms with Crippen LogP contribution in [0.3, 0.4) is 0 Å². The molecule has 1 fully saturated rings. The summed E-state index contributed by atoms with van der Waals surface area (Å²) in [6.07, 6.45) is 3.53. The molecule has 1 aliphatic heterocycles. The summed E-state index contributed by atoms with van der Waals surface area (Å²) in [6.45, 7) is 3.30. The van der Waals surface area contributed by atoms with Crippen LogP contribution >= 0.6 is 0 Å². The standard InChI is InChI=1S/C20H22N6O2/c27-20(16-28-15-17-5-2-1-3-6-17)25-13-11-24(12-14-25)18-7-8-19(23-22-18)26-10-4-9-21-26/h1-10H,11-16H2. The SMILES string of the molecule is O=C(COCc1ccccc1)N1CCN(c2ccc(-n3cccn3)nn2)CC1. The average Bonchev–Trinajstić information content (AvgIpc) is 3.30. The van der Waals surface area contributed by atoms with Gasteiger partial charge in [0.15, 0.2) is 11.6 Å². The van der Waals surface area contributed by atoms with E-state index in [0.717, 1.165) is 24.5 Å².